The SMILES string of the molecule is CC(=O)OCc1ccccc1.Clc1cccc(-c2ccccc2)c1Cl. The summed E-state index contributed by atoms with van der Waals surface area (Å²) in [5.74, 6) is -0.242. The van der Waals surface area contributed by atoms with E-state index in [2.05, 4.69) is 0 Å². The second-order valence-electron chi connectivity index (χ2n) is 5.23. The first-order valence-corrected chi connectivity index (χ1v) is 8.50. The Kier molecular flexibility index (Phi) is 7.52. The van der Waals surface area contributed by atoms with E-state index in [1.807, 2.05) is 72.8 Å². The van der Waals surface area contributed by atoms with E-state index >= 15 is 0 Å². The molecule has 0 atom stereocenters. The average Bonchev–Trinajstić information content (AvgIpc) is 2.64. The van der Waals surface area contributed by atoms with Crippen LogP contribution in [0.15, 0.2) is 78.9 Å². The zero-order valence-corrected chi connectivity index (χ0v) is 15.3. The van der Waals surface area contributed by atoms with Crippen molar-refractivity contribution in [1.82, 2.24) is 0 Å². The molecule has 0 saturated heterocycles. The molecule has 0 spiro atoms. The molecule has 0 aliphatic carbocycles. The number of hydrogen-bond donors (Lipinski definition) is 0. The summed E-state index contributed by atoms with van der Waals surface area (Å²) in [6.07, 6.45) is 0. The van der Waals surface area contributed by atoms with Crippen molar-refractivity contribution in [2.45, 2.75) is 13.5 Å². The second kappa shape index (κ2) is 9.87. The van der Waals surface area contributed by atoms with Crippen LogP contribution in [0.25, 0.3) is 11.1 Å². The zero-order valence-electron chi connectivity index (χ0n) is 13.8. The van der Waals surface area contributed by atoms with E-state index in [-0.39, 0.29) is 5.97 Å². The van der Waals surface area contributed by atoms with Crippen molar-refractivity contribution in [3.05, 3.63) is 94.5 Å². The number of hydrogen-bond acceptors (Lipinski definition) is 2. The van der Waals surface area contributed by atoms with Gasteiger partial charge in [-0.15, -0.1) is 0 Å². The van der Waals surface area contributed by atoms with Gasteiger partial charge in [0.25, 0.3) is 0 Å². The lowest BCUT2D eigenvalue weighted by atomic mass is 10.1. The van der Waals surface area contributed by atoms with Crippen molar-refractivity contribution in [2.75, 3.05) is 0 Å². The molecule has 0 aliphatic rings. The molecule has 0 amide bonds. The Bertz CT molecular complexity index is 803. The van der Waals surface area contributed by atoms with E-state index in [1.165, 1.54) is 6.92 Å². The van der Waals surface area contributed by atoms with E-state index < -0.39 is 0 Å². The molecule has 0 aromatic heterocycles. The fourth-order valence-corrected chi connectivity index (χ4v) is 2.51. The number of rotatable bonds is 3. The van der Waals surface area contributed by atoms with Crippen LogP contribution in [-0.4, -0.2) is 5.97 Å². The van der Waals surface area contributed by atoms with Crippen LogP contribution in [0.4, 0.5) is 0 Å². The van der Waals surface area contributed by atoms with Crippen LogP contribution in [0.2, 0.25) is 10.0 Å². The fourth-order valence-electron chi connectivity index (χ4n) is 2.10. The summed E-state index contributed by atoms with van der Waals surface area (Å²) in [5.41, 5.74) is 3.07. The summed E-state index contributed by atoms with van der Waals surface area (Å²) in [6, 6.07) is 25.2. The third-order valence-electron chi connectivity index (χ3n) is 3.32. The molecule has 4 heteroatoms. The van der Waals surface area contributed by atoms with Gasteiger partial charge in [-0.05, 0) is 17.2 Å². The van der Waals surface area contributed by atoms with Crippen LogP contribution in [0.5, 0.6) is 0 Å². The molecule has 0 bridgehead atoms. The molecule has 128 valence electrons. The molecule has 0 fully saturated rings. The minimum atomic E-state index is -0.242. The van der Waals surface area contributed by atoms with Gasteiger partial charge in [-0.2, -0.15) is 0 Å². The van der Waals surface area contributed by atoms with Crippen LogP contribution >= 0.6 is 23.2 Å². The molecular formula is C21H18Cl2O2. The predicted molar refractivity (Wildman–Crippen MR) is 104 cm³/mol. The highest BCUT2D eigenvalue weighted by atomic mass is 35.5. The summed E-state index contributed by atoms with van der Waals surface area (Å²) in [4.78, 5) is 10.4. The topological polar surface area (TPSA) is 26.3 Å². The zero-order chi connectivity index (χ0) is 18.1. The molecular weight excluding hydrogens is 355 g/mol. The number of esters is 1. The molecule has 3 aromatic rings. The third-order valence-corrected chi connectivity index (χ3v) is 4.14. The molecule has 3 rings (SSSR count). The first-order chi connectivity index (χ1) is 12.1. The number of benzene rings is 3. The average molecular weight is 373 g/mol. The molecule has 0 unspecified atom stereocenters. The Hall–Kier alpha value is -2.29. The number of ether oxygens (including phenoxy) is 1. The van der Waals surface area contributed by atoms with E-state index in [9.17, 15) is 4.79 Å². The van der Waals surface area contributed by atoms with Gasteiger partial charge in [0.05, 0.1) is 10.0 Å². The maximum Gasteiger partial charge on any atom is 0.302 e. The van der Waals surface area contributed by atoms with Gasteiger partial charge >= 0.3 is 5.97 Å². The van der Waals surface area contributed by atoms with Crippen molar-refractivity contribution < 1.29 is 9.53 Å². The Morgan fingerprint density at radius 2 is 1.44 bits per heavy atom. The van der Waals surface area contributed by atoms with Gasteiger partial charge in [-0.25, -0.2) is 0 Å². The van der Waals surface area contributed by atoms with E-state index in [0.717, 1.165) is 16.7 Å². The van der Waals surface area contributed by atoms with Gasteiger partial charge in [-0.1, -0.05) is 96.0 Å². The molecule has 0 aliphatic heterocycles. The maximum atomic E-state index is 10.4. The lowest BCUT2D eigenvalue weighted by Crippen LogP contribution is -1.97. The van der Waals surface area contributed by atoms with E-state index in [1.54, 1.807) is 6.07 Å². The Labute approximate surface area is 158 Å². The molecule has 0 radical (unpaired) electrons. The van der Waals surface area contributed by atoms with E-state index in [0.29, 0.717) is 16.7 Å². The number of carbonyl (C=O) groups is 1. The highest BCUT2D eigenvalue weighted by Crippen LogP contribution is 2.32. The highest BCUT2D eigenvalue weighted by Gasteiger charge is 2.05. The summed E-state index contributed by atoms with van der Waals surface area (Å²) < 4.78 is 4.79. The standard InChI is InChI=1S/C12H8Cl2.C9H10O2/c13-11-8-4-7-10(12(11)14)9-5-2-1-3-6-9;1-8(10)11-7-9-5-3-2-4-6-9/h1-8H;2-6H,7H2,1H3. The van der Waals surface area contributed by atoms with Crippen molar-refractivity contribution in [1.29, 1.82) is 0 Å². The van der Waals surface area contributed by atoms with Gasteiger partial charge in [0.15, 0.2) is 0 Å². The summed E-state index contributed by atoms with van der Waals surface area (Å²) in [6.45, 7) is 1.78. The molecule has 2 nitrogen and oxygen atoms in total. The first-order valence-electron chi connectivity index (χ1n) is 7.74. The lowest BCUT2D eigenvalue weighted by Gasteiger charge is -2.04. The van der Waals surface area contributed by atoms with Crippen LogP contribution in [0, 0.1) is 0 Å². The van der Waals surface area contributed by atoms with Crippen molar-refractivity contribution in [3.63, 3.8) is 0 Å². The second-order valence-corrected chi connectivity index (χ2v) is 6.02. The van der Waals surface area contributed by atoms with Gasteiger partial charge in [0.1, 0.15) is 6.61 Å². The highest BCUT2D eigenvalue weighted by molar-refractivity contribution is 6.43. The molecule has 0 N–H and O–H groups in total. The normalized spacial score (nSPS) is 9.72. The number of carbonyl (C=O) groups excluding carboxylic acids is 1. The molecule has 0 heterocycles. The fraction of sp³-hybridized carbons (Fsp3) is 0.0952. The summed E-state index contributed by atoms with van der Waals surface area (Å²) in [7, 11) is 0. The maximum absolute atomic E-state index is 10.4. The lowest BCUT2D eigenvalue weighted by molar-refractivity contribution is -0.142. The monoisotopic (exact) mass is 372 g/mol. The predicted octanol–water partition coefficient (Wildman–Crippen LogP) is 6.41. The molecule has 3 aromatic carbocycles. The third kappa shape index (κ3) is 6.26. The smallest absolute Gasteiger partial charge is 0.302 e. The summed E-state index contributed by atoms with van der Waals surface area (Å²) >= 11 is 12.0. The van der Waals surface area contributed by atoms with E-state index in [4.69, 9.17) is 27.9 Å². The van der Waals surface area contributed by atoms with Gasteiger partial charge in [0, 0.05) is 12.5 Å². The van der Waals surface area contributed by atoms with Crippen LogP contribution < -0.4 is 0 Å². The minimum absolute atomic E-state index is 0.242. The molecule has 0 saturated carbocycles. The van der Waals surface area contributed by atoms with Gasteiger partial charge < -0.3 is 4.74 Å². The van der Waals surface area contributed by atoms with Crippen molar-refractivity contribution >= 4 is 29.2 Å². The van der Waals surface area contributed by atoms with Gasteiger partial charge in [0.2, 0.25) is 0 Å². The van der Waals surface area contributed by atoms with Crippen LogP contribution in [-0.2, 0) is 16.1 Å². The Morgan fingerprint density at radius 1 is 0.840 bits per heavy atom. The molecule has 25 heavy (non-hydrogen) atoms. The van der Waals surface area contributed by atoms with Crippen LogP contribution in [0.3, 0.4) is 0 Å². The summed E-state index contributed by atoms with van der Waals surface area (Å²) in [5, 5.41) is 1.20. The van der Waals surface area contributed by atoms with Crippen molar-refractivity contribution in [3.8, 4) is 11.1 Å². The Morgan fingerprint density at radius 3 is 2.04 bits per heavy atom. The Balaban J connectivity index is 0.000000186. The van der Waals surface area contributed by atoms with Crippen LogP contribution in [0.1, 0.15) is 12.5 Å². The largest absolute Gasteiger partial charge is 0.461 e. The minimum Gasteiger partial charge on any atom is -0.461 e. The van der Waals surface area contributed by atoms with Gasteiger partial charge in [-0.3, -0.25) is 4.79 Å². The first kappa shape index (κ1) is 19.0. The quantitative estimate of drug-likeness (QED) is 0.496. The van der Waals surface area contributed by atoms with Crippen molar-refractivity contribution in [2.24, 2.45) is 0 Å². The number of halogens is 2.